The molecule has 5 heteroatoms. The highest BCUT2D eigenvalue weighted by atomic mass is 32.1. The highest BCUT2D eigenvalue weighted by molar-refractivity contribution is 7.10. The van der Waals surface area contributed by atoms with Gasteiger partial charge in [0.25, 0.3) is 0 Å². The van der Waals surface area contributed by atoms with Gasteiger partial charge in [-0.2, -0.15) is 0 Å². The van der Waals surface area contributed by atoms with E-state index in [2.05, 4.69) is 5.38 Å². The molecule has 1 amide bonds. The van der Waals surface area contributed by atoms with Crippen LogP contribution < -0.4 is 4.74 Å². The smallest absolute Gasteiger partial charge is 0.410 e. The van der Waals surface area contributed by atoms with E-state index in [0.29, 0.717) is 5.92 Å². The maximum absolute atomic E-state index is 12.0. The first kappa shape index (κ1) is 15.2. The summed E-state index contributed by atoms with van der Waals surface area (Å²) in [7, 11) is 1.71. The molecule has 112 valence electrons. The van der Waals surface area contributed by atoms with E-state index in [1.807, 2.05) is 31.7 Å². The fourth-order valence-corrected chi connectivity index (χ4v) is 3.46. The second-order valence-corrected chi connectivity index (χ2v) is 7.04. The number of amides is 1. The van der Waals surface area contributed by atoms with Crippen LogP contribution in [0, 0.1) is 0 Å². The molecule has 1 aliphatic rings. The zero-order chi connectivity index (χ0) is 14.8. The summed E-state index contributed by atoms with van der Waals surface area (Å²) in [4.78, 5) is 15.1. The lowest BCUT2D eigenvalue weighted by molar-refractivity contribution is 0.0205. The van der Waals surface area contributed by atoms with Gasteiger partial charge in [0.15, 0.2) is 0 Å². The summed E-state index contributed by atoms with van der Waals surface area (Å²) in [6.07, 6.45) is 1.74. The molecule has 2 rings (SSSR count). The molecule has 1 fully saturated rings. The predicted octanol–water partition coefficient (Wildman–Crippen LogP) is 3.87. The average Bonchev–Trinajstić information content (AvgIpc) is 2.85. The van der Waals surface area contributed by atoms with Gasteiger partial charge in [0.05, 0.1) is 7.11 Å². The maximum atomic E-state index is 12.0. The Morgan fingerprint density at radius 1 is 1.35 bits per heavy atom. The van der Waals surface area contributed by atoms with E-state index in [4.69, 9.17) is 9.47 Å². The molecule has 2 heterocycles. The monoisotopic (exact) mass is 297 g/mol. The molecule has 0 unspecified atom stereocenters. The molecular formula is C15H23NO3S. The molecule has 0 aliphatic carbocycles. The number of methoxy groups -OCH3 is 1. The molecule has 0 atom stereocenters. The standard InChI is InChI=1S/C15H23NO3S/c1-15(2,3)19-14(17)16-8-5-11(6-9-16)13-12(18-4)7-10-20-13/h7,10-11H,5-6,8-9H2,1-4H3. The summed E-state index contributed by atoms with van der Waals surface area (Å²) in [6.45, 7) is 7.19. The predicted molar refractivity (Wildman–Crippen MR) is 80.7 cm³/mol. The SMILES string of the molecule is COc1ccsc1C1CCN(C(=O)OC(C)(C)C)CC1. The first-order valence-corrected chi connectivity index (χ1v) is 7.88. The second kappa shape index (κ2) is 6.04. The van der Waals surface area contributed by atoms with Gasteiger partial charge < -0.3 is 14.4 Å². The van der Waals surface area contributed by atoms with Gasteiger partial charge in [0, 0.05) is 23.9 Å². The number of likely N-dealkylation sites (tertiary alicyclic amines) is 1. The Morgan fingerprint density at radius 2 is 2.00 bits per heavy atom. The van der Waals surface area contributed by atoms with Crippen molar-refractivity contribution in [2.45, 2.75) is 45.1 Å². The summed E-state index contributed by atoms with van der Waals surface area (Å²) in [5, 5.41) is 2.06. The van der Waals surface area contributed by atoms with Crippen LogP contribution >= 0.6 is 11.3 Å². The minimum absolute atomic E-state index is 0.200. The lowest BCUT2D eigenvalue weighted by Crippen LogP contribution is -2.41. The number of carbonyl (C=O) groups is 1. The minimum atomic E-state index is -0.426. The van der Waals surface area contributed by atoms with Gasteiger partial charge in [-0.3, -0.25) is 0 Å². The Labute approximate surface area is 124 Å². The van der Waals surface area contributed by atoms with Gasteiger partial charge in [-0.1, -0.05) is 0 Å². The van der Waals surface area contributed by atoms with Crippen LogP contribution in [0.25, 0.3) is 0 Å². The normalized spacial score (nSPS) is 17.1. The quantitative estimate of drug-likeness (QED) is 0.831. The van der Waals surface area contributed by atoms with Crippen LogP contribution in [-0.4, -0.2) is 36.8 Å². The van der Waals surface area contributed by atoms with Crippen LogP contribution in [0.15, 0.2) is 11.4 Å². The Bertz CT molecular complexity index is 456. The van der Waals surface area contributed by atoms with E-state index in [0.717, 1.165) is 31.7 Å². The van der Waals surface area contributed by atoms with E-state index in [1.165, 1.54) is 4.88 Å². The van der Waals surface area contributed by atoms with Gasteiger partial charge in [-0.25, -0.2) is 4.79 Å². The van der Waals surface area contributed by atoms with Crippen molar-refractivity contribution in [2.75, 3.05) is 20.2 Å². The van der Waals surface area contributed by atoms with Gasteiger partial charge in [-0.15, -0.1) is 11.3 Å². The molecule has 20 heavy (non-hydrogen) atoms. The molecule has 0 spiro atoms. The fourth-order valence-electron chi connectivity index (χ4n) is 2.43. The number of ether oxygens (including phenoxy) is 2. The second-order valence-electron chi connectivity index (χ2n) is 6.09. The van der Waals surface area contributed by atoms with Crippen molar-refractivity contribution in [3.63, 3.8) is 0 Å². The molecule has 1 aromatic rings. The third kappa shape index (κ3) is 3.66. The van der Waals surface area contributed by atoms with Crippen LogP contribution in [-0.2, 0) is 4.74 Å². The summed E-state index contributed by atoms with van der Waals surface area (Å²) < 4.78 is 10.8. The zero-order valence-electron chi connectivity index (χ0n) is 12.6. The lowest BCUT2D eigenvalue weighted by Gasteiger charge is -2.33. The van der Waals surface area contributed by atoms with Gasteiger partial charge >= 0.3 is 6.09 Å². The highest BCUT2D eigenvalue weighted by Crippen LogP contribution is 2.38. The summed E-state index contributed by atoms with van der Waals surface area (Å²) in [5.74, 6) is 1.47. The van der Waals surface area contributed by atoms with Crippen LogP contribution in [0.4, 0.5) is 4.79 Å². The Hall–Kier alpha value is -1.23. The van der Waals surface area contributed by atoms with Crippen molar-refractivity contribution in [2.24, 2.45) is 0 Å². The molecule has 0 saturated carbocycles. The minimum Gasteiger partial charge on any atom is -0.496 e. The highest BCUT2D eigenvalue weighted by Gasteiger charge is 2.29. The lowest BCUT2D eigenvalue weighted by atomic mass is 9.95. The summed E-state index contributed by atoms with van der Waals surface area (Å²) in [5.41, 5.74) is -0.426. The number of piperidine rings is 1. The van der Waals surface area contributed by atoms with Crippen molar-refractivity contribution in [1.29, 1.82) is 0 Å². The van der Waals surface area contributed by atoms with Crippen molar-refractivity contribution in [1.82, 2.24) is 4.90 Å². The molecule has 0 radical (unpaired) electrons. The number of nitrogens with zero attached hydrogens (tertiary/aromatic N) is 1. The number of hydrogen-bond acceptors (Lipinski definition) is 4. The Balaban J connectivity index is 1.91. The van der Waals surface area contributed by atoms with Crippen LogP contribution in [0.1, 0.15) is 44.4 Å². The average molecular weight is 297 g/mol. The fraction of sp³-hybridized carbons (Fsp3) is 0.667. The molecule has 1 saturated heterocycles. The topological polar surface area (TPSA) is 38.8 Å². The number of hydrogen-bond donors (Lipinski definition) is 0. The number of rotatable bonds is 2. The van der Waals surface area contributed by atoms with Crippen molar-refractivity contribution >= 4 is 17.4 Å². The van der Waals surface area contributed by atoms with Crippen LogP contribution in [0.5, 0.6) is 5.75 Å². The molecule has 1 aromatic heterocycles. The van der Waals surface area contributed by atoms with Gasteiger partial charge in [0.2, 0.25) is 0 Å². The molecular weight excluding hydrogens is 274 g/mol. The molecule has 1 aliphatic heterocycles. The van der Waals surface area contributed by atoms with Crippen LogP contribution in [0.2, 0.25) is 0 Å². The Kier molecular flexibility index (Phi) is 4.58. The van der Waals surface area contributed by atoms with E-state index in [-0.39, 0.29) is 6.09 Å². The zero-order valence-corrected chi connectivity index (χ0v) is 13.5. The third-order valence-corrected chi connectivity index (χ3v) is 4.46. The van der Waals surface area contributed by atoms with Gasteiger partial charge in [-0.05, 0) is 45.1 Å². The number of thiophene rings is 1. The first-order valence-electron chi connectivity index (χ1n) is 7.00. The third-order valence-electron chi connectivity index (χ3n) is 3.39. The summed E-state index contributed by atoms with van der Waals surface area (Å²) in [6, 6.07) is 2.01. The first-order chi connectivity index (χ1) is 9.40. The van der Waals surface area contributed by atoms with E-state index in [9.17, 15) is 4.79 Å². The van der Waals surface area contributed by atoms with Gasteiger partial charge in [0.1, 0.15) is 11.4 Å². The van der Waals surface area contributed by atoms with Crippen molar-refractivity contribution in [3.05, 3.63) is 16.3 Å². The van der Waals surface area contributed by atoms with Crippen molar-refractivity contribution in [3.8, 4) is 5.75 Å². The molecule has 0 bridgehead atoms. The van der Waals surface area contributed by atoms with E-state index < -0.39 is 5.60 Å². The summed E-state index contributed by atoms with van der Waals surface area (Å²) >= 11 is 1.74. The molecule has 4 nitrogen and oxygen atoms in total. The Morgan fingerprint density at radius 3 is 2.55 bits per heavy atom. The van der Waals surface area contributed by atoms with Crippen molar-refractivity contribution < 1.29 is 14.3 Å². The van der Waals surface area contributed by atoms with Crippen LogP contribution in [0.3, 0.4) is 0 Å². The van der Waals surface area contributed by atoms with E-state index in [1.54, 1.807) is 18.4 Å². The molecule has 0 N–H and O–H groups in total. The molecule has 0 aromatic carbocycles. The maximum Gasteiger partial charge on any atom is 0.410 e. The van der Waals surface area contributed by atoms with E-state index >= 15 is 0 Å². The number of carbonyl (C=O) groups excluding carboxylic acids is 1. The largest absolute Gasteiger partial charge is 0.496 e.